The first kappa shape index (κ1) is 23.1. The summed E-state index contributed by atoms with van der Waals surface area (Å²) in [4.78, 5) is 13.5. The summed E-state index contributed by atoms with van der Waals surface area (Å²) >= 11 is 0. The number of rotatable bonds is 6. The standard InChI is InChI=1S/C22H23N7O6S/c1-22(2)34-18-15(10-32-36(23,30)31)33-21(19(18)35-22)28-12-26-17-16(24-11-25-20(17)28)13-5-3-6-14(9-13)29-8-4-7-27-29/h3-9,11-12,15,18-19,21H,10H2,1-2H3,(H2,23,30,31)/t15-,18-,19-,21-/m1/s1. The molecule has 0 amide bonds. The van der Waals surface area contributed by atoms with E-state index < -0.39 is 40.6 Å². The van der Waals surface area contributed by atoms with Crippen LogP contribution in [-0.4, -0.2) is 68.4 Å². The minimum atomic E-state index is -4.15. The number of benzene rings is 1. The maximum Gasteiger partial charge on any atom is 0.333 e. The summed E-state index contributed by atoms with van der Waals surface area (Å²) in [5.41, 5.74) is 3.45. The van der Waals surface area contributed by atoms with Gasteiger partial charge >= 0.3 is 10.3 Å². The normalized spacial score (nSPS) is 25.4. The average molecular weight is 514 g/mol. The van der Waals surface area contributed by atoms with Crippen molar-refractivity contribution >= 4 is 21.5 Å². The molecular formula is C22H23N7O6S. The monoisotopic (exact) mass is 513 g/mol. The molecule has 0 radical (unpaired) electrons. The number of hydrogen-bond acceptors (Lipinski definition) is 10. The molecule has 0 spiro atoms. The summed E-state index contributed by atoms with van der Waals surface area (Å²) in [6, 6.07) is 9.62. The van der Waals surface area contributed by atoms with Gasteiger partial charge in [0.1, 0.15) is 35.8 Å². The van der Waals surface area contributed by atoms with E-state index >= 15 is 0 Å². The van der Waals surface area contributed by atoms with Crippen LogP contribution >= 0.6 is 0 Å². The van der Waals surface area contributed by atoms with Gasteiger partial charge in [-0.25, -0.2) is 24.8 Å². The average Bonchev–Trinajstić information content (AvgIpc) is 3.61. The first-order valence-electron chi connectivity index (χ1n) is 11.1. The molecule has 4 aromatic rings. The van der Waals surface area contributed by atoms with Gasteiger partial charge in [0.15, 0.2) is 17.7 Å². The molecule has 1 aromatic carbocycles. The van der Waals surface area contributed by atoms with Gasteiger partial charge in [0, 0.05) is 18.0 Å². The van der Waals surface area contributed by atoms with Gasteiger partial charge in [0.25, 0.3) is 0 Å². The fraction of sp³-hybridized carbons (Fsp3) is 0.364. The second kappa shape index (κ2) is 8.40. The fourth-order valence-electron chi connectivity index (χ4n) is 4.65. The lowest BCUT2D eigenvalue weighted by atomic mass is 10.1. The molecule has 2 fully saturated rings. The summed E-state index contributed by atoms with van der Waals surface area (Å²) in [6.07, 6.45) is 4.03. The summed E-state index contributed by atoms with van der Waals surface area (Å²) in [5, 5.41) is 9.29. The number of imidazole rings is 1. The predicted octanol–water partition coefficient (Wildman–Crippen LogP) is 1.32. The van der Waals surface area contributed by atoms with Gasteiger partial charge in [-0.3, -0.25) is 8.75 Å². The minimum Gasteiger partial charge on any atom is -0.347 e. The van der Waals surface area contributed by atoms with Crippen LogP contribution in [0.1, 0.15) is 20.1 Å². The first-order chi connectivity index (χ1) is 17.2. The van der Waals surface area contributed by atoms with Crippen LogP contribution in [0.5, 0.6) is 0 Å². The number of fused-ring (bicyclic) bond motifs is 2. The highest BCUT2D eigenvalue weighted by Crippen LogP contribution is 2.44. The van der Waals surface area contributed by atoms with Gasteiger partial charge in [-0.2, -0.15) is 13.5 Å². The van der Waals surface area contributed by atoms with Crippen LogP contribution in [0.3, 0.4) is 0 Å². The molecule has 2 saturated heterocycles. The van der Waals surface area contributed by atoms with Crippen molar-refractivity contribution in [3.05, 3.63) is 55.4 Å². The van der Waals surface area contributed by atoms with Crippen LogP contribution in [0.4, 0.5) is 0 Å². The summed E-state index contributed by atoms with van der Waals surface area (Å²) in [6.45, 7) is 3.24. The van der Waals surface area contributed by atoms with Crippen LogP contribution in [0.25, 0.3) is 28.1 Å². The third-order valence-corrected chi connectivity index (χ3v) is 6.51. The van der Waals surface area contributed by atoms with Crippen molar-refractivity contribution in [1.29, 1.82) is 0 Å². The van der Waals surface area contributed by atoms with Crippen LogP contribution in [0, 0.1) is 0 Å². The lowest BCUT2D eigenvalue weighted by Crippen LogP contribution is -2.34. The maximum absolute atomic E-state index is 11.4. The molecule has 5 heterocycles. The van der Waals surface area contributed by atoms with E-state index in [1.54, 1.807) is 35.6 Å². The van der Waals surface area contributed by atoms with E-state index in [-0.39, 0.29) is 6.61 Å². The van der Waals surface area contributed by atoms with Gasteiger partial charge in [0.2, 0.25) is 0 Å². The topological polar surface area (TPSA) is 158 Å². The lowest BCUT2D eigenvalue weighted by Gasteiger charge is -2.24. The van der Waals surface area contributed by atoms with E-state index in [1.165, 1.54) is 6.33 Å². The zero-order valence-corrected chi connectivity index (χ0v) is 20.1. The zero-order valence-electron chi connectivity index (χ0n) is 19.3. The number of hydrogen-bond donors (Lipinski definition) is 1. The minimum absolute atomic E-state index is 0.316. The van der Waals surface area contributed by atoms with Crippen LogP contribution in [0.15, 0.2) is 55.4 Å². The number of aromatic nitrogens is 6. The van der Waals surface area contributed by atoms with E-state index in [1.807, 2.05) is 36.5 Å². The fourth-order valence-corrected chi connectivity index (χ4v) is 4.97. The van der Waals surface area contributed by atoms with Crippen molar-refractivity contribution in [2.24, 2.45) is 5.14 Å². The number of nitrogens with zero attached hydrogens (tertiary/aromatic N) is 6. The van der Waals surface area contributed by atoms with Gasteiger partial charge in [-0.15, -0.1) is 0 Å². The second-order valence-electron chi connectivity index (χ2n) is 8.95. The van der Waals surface area contributed by atoms with Crippen molar-refractivity contribution in [1.82, 2.24) is 29.3 Å². The van der Waals surface area contributed by atoms with E-state index in [0.29, 0.717) is 16.9 Å². The van der Waals surface area contributed by atoms with E-state index in [9.17, 15) is 8.42 Å². The summed E-state index contributed by atoms with van der Waals surface area (Å²) < 4.78 is 49.2. The van der Waals surface area contributed by atoms with E-state index in [2.05, 4.69) is 20.1 Å². The molecule has 4 atom stereocenters. The number of ether oxygens (including phenoxy) is 3. The summed E-state index contributed by atoms with van der Waals surface area (Å²) in [7, 11) is -4.15. The Morgan fingerprint density at radius 1 is 1.14 bits per heavy atom. The van der Waals surface area contributed by atoms with E-state index in [4.69, 9.17) is 23.5 Å². The van der Waals surface area contributed by atoms with Crippen molar-refractivity contribution in [2.45, 2.75) is 44.2 Å². The smallest absolute Gasteiger partial charge is 0.333 e. The Kier molecular flexibility index (Phi) is 5.40. The van der Waals surface area contributed by atoms with Gasteiger partial charge < -0.3 is 14.2 Å². The molecule has 3 aromatic heterocycles. The summed E-state index contributed by atoms with van der Waals surface area (Å²) in [5.74, 6) is -0.902. The molecule has 0 aliphatic carbocycles. The van der Waals surface area contributed by atoms with Crippen molar-refractivity contribution in [3.63, 3.8) is 0 Å². The predicted molar refractivity (Wildman–Crippen MR) is 125 cm³/mol. The van der Waals surface area contributed by atoms with E-state index in [0.717, 1.165) is 11.3 Å². The molecule has 13 nitrogen and oxygen atoms in total. The zero-order chi connectivity index (χ0) is 25.1. The molecular weight excluding hydrogens is 490 g/mol. The third-order valence-electron chi connectivity index (χ3n) is 6.04. The molecule has 14 heteroatoms. The third kappa shape index (κ3) is 4.17. The van der Waals surface area contributed by atoms with Gasteiger partial charge in [0.05, 0.1) is 18.6 Å². The van der Waals surface area contributed by atoms with Gasteiger partial charge in [-0.1, -0.05) is 12.1 Å². The number of nitrogens with two attached hydrogens (primary N) is 1. The van der Waals surface area contributed by atoms with Crippen molar-refractivity contribution in [3.8, 4) is 16.9 Å². The van der Waals surface area contributed by atoms with Crippen molar-refractivity contribution in [2.75, 3.05) is 6.61 Å². The van der Waals surface area contributed by atoms with Gasteiger partial charge in [-0.05, 0) is 32.0 Å². The highest BCUT2D eigenvalue weighted by molar-refractivity contribution is 7.84. The molecule has 36 heavy (non-hydrogen) atoms. The lowest BCUT2D eigenvalue weighted by molar-refractivity contribution is -0.198. The molecule has 0 unspecified atom stereocenters. The quantitative estimate of drug-likeness (QED) is 0.398. The molecule has 2 aliphatic rings. The molecule has 6 rings (SSSR count). The Bertz CT molecular complexity index is 1520. The van der Waals surface area contributed by atoms with Crippen LogP contribution in [0.2, 0.25) is 0 Å². The Morgan fingerprint density at radius 3 is 2.75 bits per heavy atom. The highest BCUT2D eigenvalue weighted by Gasteiger charge is 2.56. The molecule has 0 saturated carbocycles. The Labute approximate surface area is 206 Å². The SMILES string of the molecule is CC1(C)O[C@@H]2[C@H](O1)[C@@H](COS(N)(=O)=O)O[C@H]2n1cnc2c(-c3cccc(-n4cccn4)c3)ncnc21. The Hall–Kier alpha value is -3.27. The Balaban J connectivity index is 1.37. The van der Waals surface area contributed by atoms with Crippen LogP contribution < -0.4 is 5.14 Å². The largest absolute Gasteiger partial charge is 0.347 e. The molecule has 2 N–H and O–H groups in total. The Morgan fingerprint density at radius 2 is 1.97 bits per heavy atom. The second-order valence-corrected chi connectivity index (χ2v) is 10.2. The maximum atomic E-state index is 11.4. The van der Waals surface area contributed by atoms with Crippen LogP contribution in [-0.2, 0) is 28.7 Å². The molecule has 0 bridgehead atoms. The molecule has 2 aliphatic heterocycles. The molecule has 188 valence electrons. The highest BCUT2D eigenvalue weighted by atomic mass is 32.2. The first-order valence-corrected chi connectivity index (χ1v) is 12.6. The van der Waals surface area contributed by atoms with Crippen molar-refractivity contribution < 1.29 is 26.8 Å².